The van der Waals surface area contributed by atoms with Gasteiger partial charge in [0, 0.05) is 23.7 Å². The molecule has 3 rings (SSSR count). The van der Waals surface area contributed by atoms with Gasteiger partial charge in [-0.05, 0) is 47.9 Å². The third-order valence-corrected chi connectivity index (χ3v) is 4.62. The number of pyridine rings is 1. The fourth-order valence-corrected chi connectivity index (χ4v) is 2.99. The summed E-state index contributed by atoms with van der Waals surface area (Å²) in [6.07, 6.45) is -2.79. The van der Waals surface area contributed by atoms with Crippen molar-refractivity contribution in [1.29, 1.82) is 0 Å². The average molecular weight is 438 g/mol. The number of nitrogens with zero attached hydrogens (tertiary/aromatic N) is 1. The number of halogens is 4. The van der Waals surface area contributed by atoms with Crippen molar-refractivity contribution < 1.29 is 22.6 Å². The molecule has 0 fully saturated rings. The fraction of sp³-hybridized carbons (Fsp3) is 0.190. The molecule has 1 aromatic heterocycles. The van der Waals surface area contributed by atoms with Gasteiger partial charge in [-0.2, -0.15) is 0 Å². The number of benzene rings is 2. The quantitative estimate of drug-likeness (QED) is 0.513. The van der Waals surface area contributed by atoms with Crippen LogP contribution >= 0.6 is 11.6 Å². The Morgan fingerprint density at radius 2 is 1.77 bits per heavy atom. The first-order chi connectivity index (χ1) is 14.1. The molecule has 2 aromatic carbocycles. The molecule has 0 amide bonds. The zero-order chi connectivity index (χ0) is 21.9. The van der Waals surface area contributed by atoms with Gasteiger partial charge in [-0.3, -0.25) is 4.98 Å². The predicted molar refractivity (Wildman–Crippen MR) is 110 cm³/mol. The second kappa shape index (κ2) is 8.71. The maximum atomic E-state index is 12.4. The number of anilines is 2. The summed E-state index contributed by atoms with van der Waals surface area (Å²) in [4.78, 5) is 4.28. The van der Waals surface area contributed by atoms with Gasteiger partial charge in [-0.15, -0.1) is 13.2 Å². The van der Waals surface area contributed by atoms with Gasteiger partial charge in [0.25, 0.3) is 0 Å². The topological polar surface area (TPSA) is 83.4 Å². The highest BCUT2D eigenvalue weighted by molar-refractivity contribution is 6.31. The lowest BCUT2D eigenvalue weighted by molar-refractivity contribution is -0.274. The van der Waals surface area contributed by atoms with Crippen LogP contribution in [0.5, 0.6) is 11.5 Å². The second-order valence-corrected chi connectivity index (χ2v) is 7.09. The molecule has 0 aliphatic carbocycles. The SMILES string of the molecule is Cc1ccc(COc2cc(N)c(N)c(Cc3ccc(OC(F)(F)F)cc3Cl)c2)nc1. The Morgan fingerprint density at radius 1 is 1.00 bits per heavy atom. The van der Waals surface area contributed by atoms with Gasteiger partial charge in [0.2, 0.25) is 0 Å². The Labute approximate surface area is 176 Å². The van der Waals surface area contributed by atoms with Crippen molar-refractivity contribution >= 4 is 23.0 Å². The molecule has 30 heavy (non-hydrogen) atoms. The molecule has 0 spiro atoms. The molecule has 0 atom stereocenters. The summed E-state index contributed by atoms with van der Waals surface area (Å²) in [5, 5.41) is 0.116. The van der Waals surface area contributed by atoms with Gasteiger partial charge >= 0.3 is 6.36 Å². The van der Waals surface area contributed by atoms with Crippen LogP contribution < -0.4 is 20.9 Å². The zero-order valence-corrected chi connectivity index (χ0v) is 16.7. The van der Waals surface area contributed by atoms with E-state index in [9.17, 15) is 13.2 Å². The number of hydrogen-bond acceptors (Lipinski definition) is 5. The van der Waals surface area contributed by atoms with Crippen molar-refractivity contribution in [3.8, 4) is 11.5 Å². The minimum absolute atomic E-state index is 0.116. The van der Waals surface area contributed by atoms with Crippen LogP contribution in [0.2, 0.25) is 5.02 Å². The summed E-state index contributed by atoms with van der Waals surface area (Å²) in [7, 11) is 0. The number of ether oxygens (including phenoxy) is 2. The zero-order valence-electron chi connectivity index (χ0n) is 16.0. The molecule has 4 N–H and O–H groups in total. The van der Waals surface area contributed by atoms with Crippen LogP contribution in [-0.4, -0.2) is 11.3 Å². The Hall–Kier alpha value is -3.13. The molecule has 0 radical (unpaired) electrons. The summed E-state index contributed by atoms with van der Waals surface area (Å²) in [5.41, 5.74) is 15.7. The van der Waals surface area contributed by atoms with Crippen molar-refractivity contribution in [3.63, 3.8) is 0 Å². The van der Waals surface area contributed by atoms with E-state index >= 15 is 0 Å². The van der Waals surface area contributed by atoms with Crippen molar-refractivity contribution in [1.82, 2.24) is 4.98 Å². The van der Waals surface area contributed by atoms with Crippen molar-refractivity contribution in [2.45, 2.75) is 26.3 Å². The first kappa shape index (κ1) is 21.6. The van der Waals surface area contributed by atoms with Gasteiger partial charge in [-0.25, -0.2) is 0 Å². The smallest absolute Gasteiger partial charge is 0.487 e. The molecular formula is C21H19ClF3N3O2. The third kappa shape index (κ3) is 5.70. The van der Waals surface area contributed by atoms with E-state index in [0.717, 1.165) is 17.3 Å². The highest BCUT2D eigenvalue weighted by Crippen LogP contribution is 2.33. The average Bonchev–Trinajstić information content (AvgIpc) is 2.66. The van der Waals surface area contributed by atoms with Crippen LogP contribution in [0.15, 0.2) is 48.7 Å². The van der Waals surface area contributed by atoms with Crippen molar-refractivity contribution in [3.05, 3.63) is 76.1 Å². The van der Waals surface area contributed by atoms with Crippen molar-refractivity contribution in [2.24, 2.45) is 0 Å². The monoisotopic (exact) mass is 437 g/mol. The molecule has 158 valence electrons. The number of nitrogen functional groups attached to an aromatic ring is 2. The van der Waals surface area contributed by atoms with Gasteiger partial charge < -0.3 is 20.9 Å². The van der Waals surface area contributed by atoms with Crippen LogP contribution in [-0.2, 0) is 13.0 Å². The molecule has 3 aromatic rings. The van der Waals surface area contributed by atoms with E-state index in [1.165, 1.54) is 12.1 Å². The highest BCUT2D eigenvalue weighted by atomic mass is 35.5. The Bertz CT molecular complexity index is 1040. The summed E-state index contributed by atoms with van der Waals surface area (Å²) in [6, 6.07) is 10.9. The largest absolute Gasteiger partial charge is 0.573 e. The second-order valence-electron chi connectivity index (χ2n) is 6.68. The standard InChI is InChI=1S/C21H19ClF3N3O2/c1-12-2-4-15(28-10-12)11-29-17-7-14(20(27)19(26)9-17)6-13-3-5-16(8-18(13)22)30-21(23,24)25/h2-5,7-10H,6,11,26-27H2,1H3. The number of nitrogens with two attached hydrogens (primary N) is 2. The number of alkyl halides is 3. The summed E-state index contributed by atoms with van der Waals surface area (Å²) in [6.45, 7) is 2.19. The molecule has 1 heterocycles. The Morgan fingerprint density at radius 3 is 2.40 bits per heavy atom. The van der Waals surface area contributed by atoms with E-state index in [-0.39, 0.29) is 18.1 Å². The molecule has 0 saturated carbocycles. The number of aromatic nitrogens is 1. The maximum absolute atomic E-state index is 12.4. The summed E-state index contributed by atoms with van der Waals surface area (Å²) in [5.74, 6) is 0.0960. The van der Waals surface area contributed by atoms with Gasteiger partial charge in [0.05, 0.1) is 17.1 Å². The van der Waals surface area contributed by atoms with Crippen LogP contribution in [0.1, 0.15) is 22.4 Å². The van der Waals surface area contributed by atoms with Crippen LogP contribution in [0, 0.1) is 6.92 Å². The molecule has 0 aliphatic heterocycles. The predicted octanol–water partition coefficient (Wildman–Crippen LogP) is 5.28. The normalized spacial score (nSPS) is 11.4. The molecule has 0 aliphatic rings. The first-order valence-electron chi connectivity index (χ1n) is 8.87. The third-order valence-electron chi connectivity index (χ3n) is 4.27. The van der Waals surface area contributed by atoms with Gasteiger partial charge in [0.15, 0.2) is 0 Å². The van der Waals surface area contributed by atoms with E-state index in [4.69, 9.17) is 27.8 Å². The van der Waals surface area contributed by atoms with E-state index in [0.29, 0.717) is 28.3 Å². The molecule has 0 bridgehead atoms. The van der Waals surface area contributed by atoms with Gasteiger partial charge in [0.1, 0.15) is 18.1 Å². The Kier molecular flexibility index (Phi) is 6.26. The number of hydrogen-bond donors (Lipinski definition) is 2. The van der Waals surface area contributed by atoms with Crippen molar-refractivity contribution in [2.75, 3.05) is 11.5 Å². The number of aryl methyl sites for hydroxylation is 1. The van der Waals surface area contributed by atoms with E-state index < -0.39 is 12.1 Å². The fourth-order valence-electron chi connectivity index (χ4n) is 2.75. The molecule has 0 unspecified atom stereocenters. The molecule has 9 heteroatoms. The van der Waals surface area contributed by atoms with Crippen LogP contribution in [0.4, 0.5) is 24.5 Å². The lowest BCUT2D eigenvalue weighted by Gasteiger charge is -2.14. The van der Waals surface area contributed by atoms with E-state index in [2.05, 4.69) is 9.72 Å². The van der Waals surface area contributed by atoms with Gasteiger partial charge in [-0.1, -0.05) is 23.7 Å². The summed E-state index contributed by atoms with van der Waals surface area (Å²) >= 11 is 6.14. The van der Waals surface area contributed by atoms with E-state index in [1.54, 1.807) is 18.3 Å². The Balaban J connectivity index is 1.78. The lowest BCUT2D eigenvalue weighted by Crippen LogP contribution is -2.17. The molecule has 0 saturated heterocycles. The molecule has 5 nitrogen and oxygen atoms in total. The van der Waals surface area contributed by atoms with E-state index in [1.807, 2.05) is 19.1 Å². The number of rotatable bonds is 6. The van der Waals surface area contributed by atoms with Crippen LogP contribution in [0.25, 0.3) is 0 Å². The first-order valence-corrected chi connectivity index (χ1v) is 9.25. The molecular weight excluding hydrogens is 419 g/mol. The maximum Gasteiger partial charge on any atom is 0.573 e. The lowest BCUT2D eigenvalue weighted by atomic mass is 10.0. The minimum atomic E-state index is -4.79. The minimum Gasteiger partial charge on any atom is -0.487 e. The van der Waals surface area contributed by atoms with Crippen LogP contribution in [0.3, 0.4) is 0 Å². The highest BCUT2D eigenvalue weighted by Gasteiger charge is 2.31. The summed E-state index contributed by atoms with van der Waals surface area (Å²) < 4.78 is 46.7.